The SMILES string of the molecule is CC(=O)N[C@@H]1CCCN(C(=O)NC[C@@H](c2cccs2)N(C)C)C1. The van der Waals surface area contributed by atoms with Crippen LogP contribution in [-0.4, -0.2) is 61.5 Å². The van der Waals surface area contributed by atoms with E-state index in [0.29, 0.717) is 13.1 Å². The second-order valence-electron chi connectivity index (χ2n) is 6.17. The van der Waals surface area contributed by atoms with Crippen molar-refractivity contribution in [3.8, 4) is 0 Å². The van der Waals surface area contributed by atoms with Crippen molar-refractivity contribution in [3.63, 3.8) is 0 Å². The molecule has 3 amide bonds. The van der Waals surface area contributed by atoms with Crippen LogP contribution in [0.5, 0.6) is 0 Å². The molecule has 0 bridgehead atoms. The van der Waals surface area contributed by atoms with Gasteiger partial charge in [0.05, 0.1) is 6.04 Å². The quantitative estimate of drug-likeness (QED) is 0.858. The maximum Gasteiger partial charge on any atom is 0.317 e. The topological polar surface area (TPSA) is 64.7 Å². The fourth-order valence-corrected chi connectivity index (χ4v) is 3.80. The first kappa shape index (κ1) is 17.7. The van der Waals surface area contributed by atoms with Gasteiger partial charge in [0.2, 0.25) is 5.91 Å². The maximum atomic E-state index is 12.4. The van der Waals surface area contributed by atoms with Crippen LogP contribution in [0.15, 0.2) is 17.5 Å². The molecule has 6 nitrogen and oxygen atoms in total. The molecule has 2 heterocycles. The van der Waals surface area contributed by atoms with E-state index in [1.54, 1.807) is 16.2 Å². The molecule has 1 aliphatic heterocycles. The number of urea groups is 1. The lowest BCUT2D eigenvalue weighted by molar-refractivity contribution is -0.119. The number of hydrogen-bond acceptors (Lipinski definition) is 4. The van der Waals surface area contributed by atoms with Gasteiger partial charge >= 0.3 is 6.03 Å². The van der Waals surface area contributed by atoms with Crippen molar-refractivity contribution in [1.29, 1.82) is 0 Å². The van der Waals surface area contributed by atoms with E-state index in [9.17, 15) is 9.59 Å². The van der Waals surface area contributed by atoms with E-state index in [1.807, 2.05) is 20.2 Å². The second kappa shape index (κ2) is 8.31. The van der Waals surface area contributed by atoms with Gasteiger partial charge in [-0.3, -0.25) is 4.79 Å². The number of hydrogen-bond donors (Lipinski definition) is 2. The molecule has 2 atom stereocenters. The molecular formula is C16H26N4O2S. The summed E-state index contributed by atoms with van der Waals surface area (Å²) in [5.74, 6) is -0.0392. The first-order chi connectivity index (χ1) is 11.0. The fraction of sp³-hybridized carbons (Fsp3) is 0.625. The predicted molar refractivity (Wildman–Crippen MR) is 92.6 cm³/mol. The molecule has 0 saturated carbocycles. The predicted octanol–water partition coefficient (Wildman–Crippen LogP) is 1.66. The summed E-state index contributed by atoms with van der Waals surface area (Å²) in [5, 5.41) is 7.99. The number of carbonyl (C=O) groups is 2. The molecule has 0 aliphatic carbocycles. The van der Waals surface area contributed by atoms with Crippen molar-refractivity contribution in [2.75, 3.05) is 33.7 Å². The lowest BCUT2D eigenvalue weighted by Crippen LogP contribution is -2.52. The van der Waals surface area contributed by atoms with Gasteiger partial charge in [0.15, 0.2) is 0 Å². The van der Waals surface area contributed by atoms with Gasteiger partial charge in [-0.1, -0.05) is 6.07 Å². The minimum Gasteiger partial charge on any atom is -0.352 e. The number of piperidine rings is 1. The fourth-order valence-electron chi connectivity index (χ4n) is 2.88. The Balaban J connectivity index is 1.87. The molecule has 1 fully saturated rings. The highest BCUT2D eigenvalue weighted by molar-refractivity contribution is 7.10. The van der Waals surface area contributed by atoms with Crippen LogP contribution >= 0.6 is 11.3 Å². The highest BCUT2D eigenvalue weighted by Crippen LogP contribution is 2.22. The third kappa shape index (κ3) is 5.21. The molecule has 1 aliphatic rings. The lowest BCUT2D eigenvalue weighted by atomic mass is 10.1. The molecule has 1 aromatic heterocycles. The molecule has 1 aromatic rings. The molecule has 0 unspecified atom stereocenters. The van der Waals surface area contributed by atoms with Crippen LogP contribution in [0.3, 0.4) is 0 Å². The molecule has 0 aromatic carbocycles. The van der Waals surface area contributed by atoms with Crippen molar-refractivity contribution in [1.82, 2.24) is 20.4 Å². The van der Waals surface area contributed by atoms with Gasteiger partial charge in [-0.25, -0.2) is 4.79 Å². The summed E-state index contributed by atoms with van der Waals surface area (Å²) in [5.41, 5.74) is 0. The van der Waals surface area contributed by atoms with Crippen molar-refractivity contribution < 1.29 is 9.59 Å². The smallest absolute Gasteiger partial charge is 0.317 e. The minimum atomic E-state index is -0.0524. The van der Waals surface area contributed by atoms with Crippen LogP contribution in [0.25, 0.3) is 0 Å². The van der Waals surface area contributed by atoms with Gasteiger partial charge in [0.1, 0.15) is 0 Å². The Morgan fingerprint density at radius 3 is 2.87 bits per heavy atom. The summed E-state index contributed by atoms with van der Waals surface area (Å²) >= 11 is 1.70. The van der Waals surface area contributed by atoms with Crippen molar-refractivity contribution >= 4 is 23.3 Å². The normalized spacial score (nSPS) is 19.5. The van der Waals surface area contributed by atoms with E-state index in [2.05, 4.69) is 27.0 Å². The van der Waals surface area contributed by atoms with Crippen LogP contribution < -0.4 is 10.6 Å². The monoisotopic (exact) mass is 338 g/mol. The largest absolute Gasteiger partial charge is 0.352 e. The highest BCUT2D eigenvalue weighted by Gasteiger charge is 2.25. The van der Waals surface area contributed by atoms with E-state index < -0.39 is 0 Å². The average Bonchev–Trinajstić information content (AvgIpc) is 3.00. The lowest BCUT2D eigenvalue weighted by Gasteiger charge is -2.33. The van der Waals surface area contributed by atoms with Crippen LogP contribution in [0.4, 0.5) is 4.79 Å². The maximum absolute atomic E-state index is 12.4. The Labute approximate surface area is 141 Å². The Hall–Kier alpha value is -1.60. The zero-order chi connectivity index (χ0) is 16.8. The van der Waals surface area contributed by atoms with E-state index in [4.69, 9.17) is 0 Å². The van der Waals surface area contributed by atoms with Crippen molar-refractivity contribution in [2.24, 2.45) is 0 Å². The zero-order valence-corrected chi connectivity index (χ0v) is 14.9. The van der Waals surface area contributed by atoms with Gasteiger partial charge < -0.3 is 20.4 Å². The molecule has 128 valence electrons. The minimum absolute atomic E-state index is 0.0392. The number of nitrogens with zero attached hydrogens (tertiary/aromatic N) is 2. The number of amides is 3. The summed E-state index contributed by atoms with van der Waals surface area (Å²) in [4.78, 5) is 28.7. The molecule has 2 rings (SSSR count). The Morgan fingerprint density at radius 1 is 1.48 bits per heavy atom. The van der Waals surface area contributed by atoms with E-state index in [1.165, 1.54) is 11.8 Å². The summed E-state index contributed by atoms with van der Waals surface area (Å²) in [6.45, 7) is 3.42. The molecule has 7 heteroatoms. The number of carbonyl (C=O) groups excluding carboxylic acids is 2. The van der Waals surface area contributed by atoms with E-state index in [0.717, 1.165) is 19.4 Å². The average molecular weight is 338 g/mol. The number of nitrogens with one attached hydrogen (secondary N) is 2. The first-order valence-electron chi connectivity index (χ1n) is 7.97. The van der Waals surface area contributed by atoms with Crippen molar-refractivity contribution in [2.45, 2.75) is 31.8 Å². The zero-order valence-electron chi connectivity index (χ0n) is 14.0. The van der Waals surface area contributed by atoms with Gasteiger partial charge in [-0.05, 0) is 38.4 Å². The van der Waals surface area contributed by atoms with Crippen LogP contribution in [0.1, 0.15) is 30.7 Å². The Kier molecular flexibility index (Phi) is 6.41. The number of likely N-dealkylation sites (N-methyl/N-ethyl adjacent to an activating group) is 1. The summed E-state index contributed by atoms with van der Waals surface area (Å²) in [6, 6.07) is 4.31. The molecule has 2 N–H and O–H groups in total. The number of rotatable bonds is 5. The third-order valence-electron chi connectivity index (χ3n) is 4.06. The number of likely N-dealkylation sites (tertiary alicyclic amines) is 1. The van der Waals surface area contributed by atoms with Crippen LogP contribution in [0, 0.1) is 0 Å². The Morgan fingerprint density at radius 2 is 2.26 bits per heavy atom. The number of thiophene rings is 1. The summed E-state index contributed by atoms with van der Waals surface area (Å²) in [7, 11) is 4.04. The van der Waals surface area contributed by atoms with E-state index >= 15 is 0 Å². The van der Waals surface area contributed by atoms with Crippen molar-refractivity contribution in [3.05, 3.63) is 22.4 Å². The van der Waals surface area contributed by atoms with Crippen LogP contribution in [0.2, 0.25) is 0 Å². The Bertz CT molecular complexity index is 518. The summed E-state index contributed by atoms with van der Waals surface area (Å²) < 4.78 is 0. The summed E-state index contributed by atoms with van der Waals surface area (Å²) in [6.07, 6.45) is 1.85. The molecule has 23 heavy (non-hydrogen) atoms. The molecule has 1 saturated heterocycles. The second-order valence-corrected chi connectivity index (χ2v) is 7.15. The molecule has 0 spiro atoms. The standard InChI is InChI=1S/C16H26N4O2S/c1-12(21)18-13-6-4-8-20(11-13)16(22)17-10-14(19(2)3)15-7-5-9-23-15/h5,7,9,13-14H,4,6,8,10-11H2,1-3H3,(H,17,22)(H,18,21)/t13-,14+/m1/s1. The van der Waals surface area contributed by atoms with Gasteiger partial charge in [0.25, 0.3) is 0 Å². The van der Waals surface area contributed by atoms with Gasteiger partial charge in [-0.2, -0.15) is 0 Å². The molecular weight excluding hydrogens is 312 g/mol. The first-order valence-corrected chi connectivity index (χ1v) is 8.85. The highest BCUT2D eigenvalue weighted by atomic mass is 32.1. The molecule has 0 radical (unpaired) electrons. The van der Waals surface area contributed by atoms with Gasteiger partial charge in [-0.15, -0.1) is 11.3 Å². The van der Waals surface area contributed by atoms with E-state index in [-0.39, 0.29) is 24.0 Å². The third-order valence-corrected chi connectivity index (χ3v) is 5.03. The van der Waals surface area contributed by atoms with Gasteiger partial charge in [0, 0.05) is 37.5 Å². The van der Waals surface area contributed by atoms with Crippen LogP contribution in [-0.2, 0) is 4.79 Å².